The summed E-state index contributed by atoms with van der Waals surface area (Å²) in [6.45, 7) is 7.57. The quantitative estimate of drug-likeness (QED) is 0.841. The maximum atomic E-state index is 12.4. The molecule has 0 atom stereocenters. The highest BCUT2D eigenvalue weighted by Crippen LogP contribution is 2.16. The Morgan fingerprint density at radius 3 is 2.87 bits per heavy atom. The molecule has 5 nitrogen and oxygen atoms in total. The second-order valence-electron chi connectivity index (χ2n) is 5.39. The highest BCUT2D eigenvalue weighted by atomic mass is 32.1. The third-order valence-corrected chi connectivity index (χ3v) is 4.08. The minimum atomic E-state index is -0.0831. The van der Waals surface area contributed by atoms with Gasteiger partial charge in [0.1, 0.15) is 0 Å². The second-order valence-corrected chi connectivity index (χ2v) is 6.42. The molecule has 0 spiro atoms. The molecule has 2 rings (SSSR count). The zero-order chi connectivity index (χ0) is 16.7. The van der Waals surface area contributed by atoms with Crippen LogP contribution >= 0.6 is 11.3 Å². The molecule has 2 aromatic rings. The second kappa shape index (κ2) is 8.53. The Kier molecular flexibility index (Phi) is 6.40. The van der Waals surface area contributed by atoms with Crippen molar-refractivity contribution >= 4 is 17.4 Å². The van der Waals surface area contributed by atoms with Crippen LogP contribution in [-0.2, 0) is 13.1 Å². The third-order valence-electron chi connectivity index (χ3n) is 3.22. The maximum Gasteiger partial charge on any atom is 0.317 e. The number of aromatic nitrogens is 1. The monoisotopic (exact) mass is 333 g/mol. The fraction of sp³-hybridized carbons (Fsp3) is 0.412. The van der Waals surface area contributed by atoms with Crippen LogP contribution in [0.5, 0.6) is 5.88 Å². The number of pyridine rings is 1. The SMILES string of the molecule is CCN(Cc1cccs1)C(=O)NCc1cccnc1OC(C)C. The van der Waals surface area contributed by atoms with Gasteiger partial charge < -0.3 is 15.0 Å². The van der Waals surface area contributed by atoms with Crippen molar-refractivity contribution < 1.29 is 9.53 Å². The Hall–Kier alpha value is -2.08. The summed E-state index contributed by atoms with van der Waals surface area (Å²) in [6, 6.07) is 7.71. The van der Waals surface area contributed by atoms with Crippen LogP contribution < -0.4 is 10.1 Å². The standard InChI is InChI=1S/C17H23N3O2S/c1-4-20(12-15-8-6-10-23-15)17(21)19-11-14-7-5-9-18-16(14)22-13(2)3/h5-10,13H,4,11-12H2,1-3H3,(H,19,21). The zero-order valence-corrected chi connectivity index (χ0v) is 14.6. The van der Waals surface area contributed by atoms with Gasteiger partial charge >= 0.3 is 6.03 Å². The summed E-state index contributed by atoms with van der Waals surface area (Å²) in [4.78, 5) is 19.6. The van der Waals surface area contributed by atoms with Crippen molar-refractivity contribution in [1.82, 2.24) is 15.2 Å². The molecule has 0 radical (unpaired) electrons. The summed E-state index contributed by atoms with van der Waals surface area (Å²) in [5.74, 6) is 0.573. The molecule has 0 fully saturated rings. The van der Waals surface area contributed by atoms with E-state index < -0.39 is 0 Å². The van der Waals surface area contributed by atoms with Gasteiger partial charge in [0.25, 0.3) is 0 Å². The first-order valence-electron chi connectivity index (χ1n) is 7.75. The summed E-state index contributed by atoms with van der Waals surface area (Å²) < 4.78 is 5.68. The lowest BCUT2D eigenvalue weighted by Gasteiger charge is -2.21. The molecule has 0 bridgehead atoms. The van der Waals surface area contributed by atoms with Crippen LogP contribution in [-0.4, -0.2) is 28.6 Å². The number of hydrogen-bond acceptors (Lipinski definition) is 4. The van der Waals surface area contributed by atoms with Crippen LogP contribution in [0.1, 0.15) is 31.2 Å². The van der Waals surface area contributed by atoms with Gasteiger partial charge in [-0.05, 0) is 38.3 Å². The molecule has 0 aliphatic heterocycles. The maximum absolute atomic E-state index is 12.4. The Morgan fingerprint density at radius 2 is 2.22 bits per heavy atom. The van der Waals surface area contributed by atoms with E-state index in [4.69, 9.17) is 4.74 Å². The lowest BCUT2D eigenvalue weighted by atomic mass is 10.2. The first kappa shape index (κ1) is 17.3. The minimum Gasteiger partial charge on any atom is -0.475 e. The number of amides is 2. The zero-order valence-electron chi connectivity index (χ0n) is 13.8. The Balaban J connectivity index is 1.95. The number of thiophene rings is 1. The number of nitrogens with one attached hydrogen (secondary N) is 1. The number of urea groups is 1. The molecule has 6 heteroatoms. The lowest BCUT2D eigenvalue weighted by Crippen LogP contribution is -2.38. The molecule has 0 aromatic carbocycles. The summed E-state index contributed by atoms with van der Waals surface area (Å²) in [7, 11) is 0. The average Bonchev–Trinajstić information content (AvgIpc) is 3.04. The fourth-order valence-electron chi connectivity index (χ4n) is 2.09. The van der Waals surface area contributed by atoms with Crippen LogP contribution in [0.4, 0.5) is 4.79 Å². The van der Waals surface area contributed by atoms with Gasteiger partial charge in [0.05, 0.1) is 12.6 Å². The van der Waals surface area contributed by atoms with Crippen LogP contribution in [0.25, 0.3) is 0 Å². The normalized spacial score (nSPS) is 10.6. The van der Waals surface area contributed by atoms with Crippen molar-refractivity contribution in [2.24, 2.45) is 0 Å². The van der Waals surface area contributed by atoms with E-state index in [0.29, 0.717) is 25.5 Å². The first-order valence-corrected chi connectivity index (χ1v) is 8.63. The molecule has 2 heterocycles. The van der Waals surface area contributed by atoms with Gasteiger partial charge in [-0.3, -0.25) is 0 Å². The van der Waals surface area contributed by atoms with Crippen LogP contribution in [0, 0.1) is 0 Å². The van der Waals surface area contributed by atoms with E-state index in [-0.39, 0.29) is 12.1 Å². The topological polar surface area (TPSA) is 54.5 Å². The Morgan fingerprint density at radius 1 is 1.39 bits per heavy atom. The van der Waals surface area contributed by atoms with E-state index in [2.05, 4.69) is 10.3 Å². The predicted molar refractivity (Wildman–Crippen MR) is 92.6 cm³/mol. The Bertz CT molecular complexity index is 614. The van der Waals surface area contributed by atoms with Crippen molar-refractivity contribution in [3.63, 3.8) is 0 Å². The summed E-state index contributed by atoms with van der Waals surface area (Å²) in [6.07, 6.45) is 1.74. The number of hydrogen-bond donors (Lipinski definition) is 1. The lowest BCUT2D eigenvalue weighted by molar-refractivity contribution is 0.197. The molecule has 2 amide bonds. The van der Waals surface area contributed by atoms with E-state index in [1.165, 1.54) is 4.88 Å². The molecule has 0 unspecified atom stereocenters. The van der Waals surface area contributed by atoms with Crippen molar-refractivity contribution in [2.75, 3.05) is 6.54 Å². The molecule has 0 aliphatic rings. The highest BCUT2D eigenvalue weighted by Gasteiger charge is 2.14. The van der Waals surface area contributed by atoms with Gasteiger partial charge in [0.15, 0.2) is 0 Å². The number of nitrogens with zero attached hydrogens (tertiary/aromatic N) is 2. The molecule has 124 valence electrons. The van der Waals surface area contributed by atoms with Gasteiger partial charge in [-0.25, -0.2) is 9.78 Å². The van der Waals surface area contributed by atoms with E-state index >= 15 is 0 Å². The van der Waals surface area contributed by atoms with Crippen molar-refractivity contribution in [3.8, 4) is 5.88 Å². The Labute approximate surface area is 141 Å². The van der Waals surface area contributed by atoms with Crippen molar-refractivity contribution in [1.29, 1.82) is 0 Å². The minimum absolute atomic E-state index is 0.0466. The number of carbonyl (C=O) groups is 1. The molecule has 0 saturated carbocycles. The van der Waals surface area contributed by atoms with Crippen LogP contribution in [0.3, 0.4) is 0 Å². The van der Waals surface area contributed by atoms with Crippen LogP contribution in [0.15, 0.2) is 35.8 Å². The molecular weight excluding hydrogens is 310 g/mol. The van der Waals surface area contributed by atoms with E-state index in [1.54, 1.807) is 22.4 Å². The predicted octanol–water partition coefficient (Wildman–Crippen LogP) is 3.66. The molecule has 2 aromatic heterocycles. The number of ether oxygens (including phenoxy) is 1. The van der Waals surface area contributed by atoms with E-state index in [1.807, 2.05) is 50.4 Å². The molecule has 0 aliphatic carbocycles. The fourth-order valence-corrected chi connectivity index (χ4v) is 2.81. The average molecular weight is 333 g/mol. The van der Waals surface area contributed by atoms with Gasteiger partial charge in [-0.1, -0.05) is 12.1 Å². The largest absolute Gasteiger partial charge is 0.475 e. The molecule has 23 heavy (non-hydrogen) atoms. The summed E-state index contributed by atoms with van der Waals surface area (Å²) in [5, 5.41) is 4.97. The molecule has 1 N–H and O–H groups in total. The van der Waals surface area contributed by atoms with Gasteiger partial charge in [0, 0.05) is 29.7 Å². The van der Waals surface area contributed by atoms with E-state index in [0.717, 1.165) is 5.56 Å². The van der Waals surface area contributed by atoms with Crippen LogP contribution in [0.2, 0.25) is 0 Å². The van der Waals surface area contributed by atoms with Gasteiger partial charge in [-0.2, -0.15) is 0 Å². The first-order chi connectivity index (χ1) is 11.1. The van der Waals surface area contributed by atoms with E-state index in [9.17, 15) is 4.79 Å². The summed E-state index contributed by atoms with van der Waals surface area (Å²) >= 11 is 1.66. The van der Waals surface area contributed by atoms with Crippen molar-refractivity contribution in [3.05, 3.63) is 46.3 Å². The molecule has 0 saturated heterocycles. The summed E-state index contributed by atoms with van der Waals surface area (Å²) in [5.41, 5.74) is 0.877. The third kappa shape index (κ3) is 5.25. The number of carbonyl (C=O) groups excluding carboxylic acids is 1. The number of rotatable bonds is 7. The smallest absolute Gasteiger partial charge is 0.317 e. The molecular formula is C17H23N3O2S. The highest BCUT2D eigenvalue weighted by molar-refractivity contribution is 7.09. The van der Waals surface area contributed by atoms with Gasteiger partial charge in [0.2, 0.25) is 5.88 Å². The van der Waals surface area contributed by atoms with Gasteiger partial charge in [-0.15, -0.1) is 11.3 Å². The van der Waals surface area contributed by atoms with Crippen molar-refractivity contribution in [2.45, 2.75) is 40.0 Å².